The van der Waals surface area contributed by atoms with Crippen LogP contribution in [0.1, 0.15) is 90.8 Å². The van der Waals surface area contributed by atoms with Crippen LogP contribution in [0.3, 0.4) is 0 Å². The van der Waals surface area contributed by atoms with E-state index in [1.807, 2.05) is 199 Å². The predicted octanol–water partition coefficient (Wildman–Crippen LogP) is 20.9. The maximum atomic E-state index is 13.8. The van der Waals surface area contributed by atoms with E-state index in [1.54, 1.807) is 101 Å². The number of nitrogens with zero attached hydrogens (tertiary/aromatic N) is 21. The summed E-state index contributed by atoms with van der Waals surface area (Å²) in [5, 5.41) is 29.8. The lowest BCUT2D eigenvalue weighted by Crippen LogP contribution is -2.28. The molecular formula is C96H95Br2F4N29. The van der Waals surface area contributed by atoms with Gasteiger partial charge in [0.05, 0.1) is 45.2 Å². The molecule has 0 aliphatic rings. The van der Waals surface area contributed by atoms with E-state index in [-0.39, 0.29) is 58.3 Å². The quantitative estimate of drug-likeness (QED) is 0.0253. The first kappa shape index (κ1) is 93.5. The minimum atomic E-state index is -0.330. The molecule has 666 valence electrons. The molecule has 35 heteroatoms. The number of alkyl halides is 1. The first-order chi connectivity index (χ1) is 62.7. The molecule has 131 heavy (non-hydrogen) atoms. The number of pyridine rings is 7. The first-order valence-corrected chi connectivity index (χ1v) is 43.6. The smallest absolute Gasteiger partial charge is 0.248 e. The van der Waals surface area contributed by atoms with Gasteiger partial charge in [0.15, 0.2) is 16.9 Å². The number of benzene rings is 4. The Morgan fingerprint density at radius 1 is 0.328 bits per heavy atom. The number of anilines is 9. The van der Waals surface area contributed by atoms with Crippen molar-refractivity contribution in [3.8, 4) is 89.5 Å². The molecule has 0 atom stereocenters. The molecule has 0 unspecified atom stereocenters. The van der Waals surface area contributed by atoms with E-state index in [1.165, 1.54) is 53.0 Å². The molecule has 29 nitrogen and oxygen atoms in total. The zero-order valence-corrected chi connectivity index (χ0v) is 77.4. The van der Waals surface area contributed by atoms with Gasteiger partial charge in [0, 0.05) is 117 Å². The fourth-order valence-electron chi connectivity index (χ4n) is 13.4. The number of hydrogen-bond donors (Lipinski definition) is 8. The molecule has 0 radical (unpaired) electrons. The van der Waals surface area contributed by atoms with E-state index in [0.717, 1.165) is 88.7 Å². The van der Waals surface area contributed by atoms with Crippen molar-refractivity contribution in [2.45, 2.75) is 113 Å². The third-order valence-corrected chi connectivity index (χ3v) is 19.3. The Morgan fingerprint density at radius 3 is 1.00 bits per heavy atom. The van der Waals surface area contributed by atoms with Crippen LogP contribution in [0.15, 0.2) is 248 Å². The van der Waals surface area contributed by atoms with Gasteiger partial charge in [-0.25, -0.2) is 57.4 Å². The average molecular weight is 1890 g/mol. The molecular weight excluding hydrogens is 1800 g/mol. The van der Waals surface area contributed by atoms with E-state index in [0.29, 0.717) is 92.2 Å². The Labute approximate surface area is 770 Å². The van der Waals surface area contributed by atoms with Crippen LogP contribution >= 0.6 is 31.9 Å². The Hall–Kier alpha value is -15.1. The van der Waals surface area contributed by atoms with Crippen LogP contribution in [-0.2, 0) is 6.54 Å². The van der Waals surface area contributed by atoms with Gasteiger partial charge < -0.3 is 43.8 Å². The summed E-state index contributed by atoms with van der Waals surface area (Å²) >= 11 is 6.14. The molecule has 4 aromatic carbocycles. The van der Waals surface area contributed by atoms with Crippen molar-refractivity contribution in [2.75, 3.05) is 43.9 Å². The van der Waals surface area contributed by atoms with Gasteiger partial charge in [-0.1, -0.05) is 34.1 Å². The maximum absolute atomic E-state index is 13.8. The van der Waals surface area contributed by atoms with E-state index >= 15 is 0 Å². The minimum Gasteiger partial charge on any atom is -0.368 e. The van der Waals surface area contributed by atoms with Gasteiger partial charge in [-0.3, -0.25) is 19.9 Å². The third-order valence-electron chi connectivity index (χ3n) is 18.8. The number of nitrogen functional groups attached to an aromatic ring is 2. The predicted molar refractivity (Wildman–Crippen MR) is 516 cm³/mol. The lowest BCUT2D eigenvalue weighted by Gasteiger charge is -2.23. The second kappa shape index (κ2) is 41.3. The third kappa shape index (κ3) is 24.2. The maximum Gasteiger partial charge on any atom is 0.248 e. The van der Waals surface area contributed by atoms with Gasteiger partial charge in [0.2, 0.25) is 41.6 Å². The number of aromatic nitrogens is 21. The summed E-state index contributed by atoms with van der Waals surface area (Å²) in [6.07, 6.45) is 12.1. The highest BCUT2D eigenvalue weighted by Gasteiger charge is 2.28. The standard InChI is InChI=1S/C26H25FN8.C22H17FN8.C21H22FN7.C21H24FN5.C5H4BrN.CH3Br/c1-16-15-18(12-14-28-16)21-22(17-8-10-19(27)11-9-17)31-25(33-26(2,3)4)35-23(21)32-24(34-35)30-20-7-5-6-13-29-20;1-13-12-15(9-11-25-13)18-19(14-5-7-16(23)8-6-14)28-21(24)31-20(18)29-22(30-31)27-17-4-2-3-10-26-17;1-12-11-14(9-10-24-12)16-17(13-5-7-15(22)8-6-13)25-20(27-21(2,3)4)29-18(16)26-19(23)28-29;1-13-11-15(9-10-24-13)18-17(12-23)25-20(27-21(2,3)4)26-19(18)14-5-7-16(22)8-6-14;6-5-3-1-2-4-7-5;1-2/h5-15H,1-4H3,(H,31,33)(H,29,30,34);2-12H,1H3,(H2,24,28)(H,26,27,30);5-11H,1-4H3,(H2,23,28)(H,25,27);5-11H,12,23H2,1-4H3,(H,25,26,27);1-4H;1H3. The number of nitrogens with one attached hydrogen (secondary N) is 5. The highest BCUT2D eigenvalue weighted by atomic mass is 79.9. The Balaban J connectivity index is 0.000000144. The van der Waals surface area contributed by atoms with Gasteiger partial charge in [0.25, 0.3) is 0 Å². The topological polar surface area (TPSA) is 383 Å². The number of rotatable bonds is 16. The summed E-state index contributed by atoms with van der Waals surface area (Å²) in [7, 11) is 0. The molecule has 0 aliphatic carbocycles. The Kier molecular flexibility index (Phi) is 29.5. The molecule has 0 spiro atoms. The highest BCUT2D eigenvalue weighted by molar-refractivity contribution is 9.10. The van der Waals surface area contributed by atoms with Crippen LogP contribution in [0, 0.1) is 51.0 Å². The molecule has 18 rings (SSSR count). The molecule has 14 aromatic heterocycles. The number of nitrogens with two attached hydrogens (primary N) is 3. The fourth-order valence-corrected chi connectivity index (χ4v) is 13.7. The van der Waals surface area contributed by atoms with Crippen molar-refractivity contribution >= 4 is 102 Å². The monoisotopic (exact) mass is 1890 g/mol. The zero-order chi connectivity index (χ0) is 93.4. The number of aryl methyl sites for hydroxylation is 4. The normalized spacial score (nSPS) is 11.2. The molecule has 0 bridgehead atoms. The van der Waals surface area contributed by atoms with Gasteiger partial charge in [0.1, 0.15) is 39.5 Å². The van der Waals surface area contributed by atoms with Crippen molar-refractivity contribution in [1.82, 2.24) is 104 Å². The second-order valence-corrected chi connectivity index (χ2v) is 33.5. The van der Waals surface area contributed by atoms with Crippen LogP contribution < -0.4 is 43.8 Å². The molecule has 0 saturated carbocycles. The number of hydrogen-bond acceptors (Lipinski definition) is 26. The van der Waals surface area contributed by atoms with Crippen molar-refractivity contribution in [2.24, 2.45) is 5.73 Å². The van der Waals surface area contributed by atoms with Gasteiger partial charge in [-0.15, -0.1) is 15.3 Å². The Morgan fingerprint density at radius 2 is 0.664 bits per heavy atom. The second-order valence-electron chi connectivity index (χ2n) is 32.7. The summed E-state index contributed by atoms with van der Waals surface area (Å²) in [5.41, 5.74) is 35.5. The number of halogens is 6. The average Bonchev–Trinajstić information content (AvgIpc) is 1.67. The molecule has 11 N–H and O–H groups in total. The van der Waals surface area contributed by atoms with Crippen LogP contribution in [0.4, 0.5) is 70.8 Å². The Bertz CT molecular complexity index is 6960. The van der Waals surface area contributed by atoms with E-state index in [2.05, 4.69) is 123 Å². The van der Waals surface area contributed by atoms with Crippen molar-refractivity contribution in [3.05, 3.63) is 300 Å². The lowest BCUT2D eigenvalue weighted by atomic mass is 9.97. The molecule has 14 heterocycles. The molecule has 0 amide bonds. The summed E-state index contributed by atoms with van der Waals surface area (Å²) in [5.74, 6) is 4.33. The van der Waals surface area contributed by atoms with Crippen molar-refractivity contribution < 1.29 is 17.6 Å². The number of fused-ring (bicyclic) bond motifs is 3. The molecule has 0 aliphatic heterocycles. The van der Waals surface area contributed by atoms with Crippen molar-refractivity contribution in [1.29, 1.82) is 0 Å². The van der Waals surface area contributed by atoms with E-state index < -0.39 is 0 Å². The van der Waals surface area contributed by atoms with Gasteiger partial charge in [-0.05, 0) is 316 Å². The minimum absolute atomic E-state index is 0.145. The highest BCUT2D eigenvalue weighted by Crippen LogP contribution is 2.42. The van der Waals surface area contributed by atoms with Crippen molar-refractivity contribution in [3.63, 3.8) is 0 Å². The molecule has 18 aromatic rings. The van der Waals surface area contributed by atoms with Crippen LogP contribution in [0.2, 0.25) is 0 Å². The SMILES string of the molecule is Brc1ccccn1.CBr.Cc1cc(-c2c(-c3ccc(F)cc3)nc(N)n3nc(Nc4ccccn4)nc23)ccn1.Cc1cc(-c2c(-c3ccc(F)cc3)nc(NC(C)(C)C)n3nc(N)nc23)ccn1.Cc1cc(-c2c(-c3ccc(F)cc3)nc(NC(C)(C)C)n3nc(Nc4ccccn4)nc23)ccn1.Cc1cc(-c2c(CN)nc(NC(C)(C)C)nc2-c2ccc(F)cc2)ccn1. The first-order valence-electron chi connectivity index (χ1n) is 41.2. The van der Waals surface area contributed by atoms with E-state index in [9.17, 15) is 17.6 Å². The van der Waals surface area contributed by atoms with Crippen LogP contribution in [0.25, 0.3) is 106 Å². The summed E-state index contributed by atoms with van der Waals surface area (Å²) < 4.78 is 60.0. The molecule has 0 fully saturated rings. The zero-order valence-electron chi connectivity index (χ0n) is 74.2. The summed E-state index contributed by atoms with van der Waals surface area (Å²) in [6, 6.07) is 57.1. The van der Waals surface area contributed by atoms with E-state index in [4.69, 9.17) is 42.2 Å². The largest absolute Gasteiger partial charge is 0.368 e. The lowest BCUT2D eigenvalue weighted by molar-refractivity contribution is 0.620. The summed E-state index contributed by atoms with van der Waals surface area (Å²) in [4.78, 5) is 67.4. The summed E-state index contributed by atoms with van der Waals surface area (Å²) in [6.45, 7) is 26.3. The van der Waals surface area contributed by atoms with Gasteiger partial charge >= 0.3 is 0 Å². The van der Waals surface area contributed by atoms with Crippen LogP contribution in [0.5, 0.6) is 0 Å². The van der Waals surface area contributed by atoms with Crippen LogP contribution in [-0.4, -0.2) is 126 Å². The molecule has 0 saturated heterocycles. The fraction of sp³-hybridized carbons (Fsp3) is 0.188. The van der Waals surface area contributed by atoms with Gasteiger partial charge in [-0.2, -0.15) is 28.5 Å².